The topological polar surface area (TPSA) is 53.6 Å². The molecule has 1 atom stereocenters. The number of nitrogens with one attached hydrogen (secondary N) is 2. The van der Waals surface area contributed by atoms with Gasteiger partial charge in [-0.2, -0.15) is 0 Å². The van der Waals surface area contributed by atoms with E-state index in [4.69, 9.17) is 4.74 Å². The maximum atomic E-state index is 12.4. The van der Waals surface area contributed by atoms with Crippen LogP contribution in [0.15, 0.2) is 78.9 Å². The summed E-state index contributed by atoms with van der Waals surface area (Å²) in [4.78, 5) is 14.7. The van der Waals surface area contributed by atoms with Crippen LogP contribution in [0, 0.1) is 0 Å². The highest BCUT2D eigenvalue weighted by molar-refractivity contribution is 5.92. The third-order valence-corrected chi connectivity index (χ3v) is 5.61. The van der Waals surface area contributed by atoms with Crippen LogP contribution in [0.5, 0.6) is 0 Å². The van der Waals surface area contributed by atoms with Crippen molar-refractivity contribution in [1.82, 2.24) is 5.32 Å². The number of ether oxygens (including phenoxy) is 1. The Labute approximate surface area is 184 Å². The summed E-state index contributed by atoms with van der Waals surface area (Å²) in [6.45, 7) is 5.66. The highest BCUT2D eigenvalue weighted by atomic mass is 16.5. The van der Waals surface area contributed by atoms with Crippen molar-refractivity contribution in [3.05, 3.63) is 84.4 Å². The van der Waals surface area contributed by atoms with E-state index in [9.17, 15) is 4.79 Å². The predicted molar refractivity (Wildman–Crippen MR) is 126 cm³/mol. The molecule has 1 heterocycles. The molecule has 2 N–H and O–H groups in total. The lowest BCUT2D eigenvalue weighted by Gasteiger charge is -2.28. The lowest BCUT2D eigenvalue weighted by molar-refractivity contribution is -0.115. The van der Waals surface area contributed by atoms with Gasteiger partial charge in [-0.3, -0.25) is 4.79 Å². The normalized spacial score (nSPS) is 14.8. The number of carbonyl (C=O) groups is 1. The molecule has 0 aliphatic carbocycles. The summed E-state index contributed by atoms with van der Waals surface area (Å²) in [5.41, 5.74) is 5.52. The molecule has 1 amide bonds. The SMILES string of the molecule is C[C@H](NCC(=O)Nc1ccc(N2CCOCC2)cc1)c1ccc(-c2ccccc2)cc1. The second-order valence-corrected chi connectivity index (χ2v) is 7.79. The number of benzene rings is 3. The summed E-state index contributed by atoms with van der Waals surface area (Å²) in [5.74, 6) is -0.0492. The Morgan fingerprint density at radius 1 is 0.903 bits per heavy atom. The Balaban J connectivity index is 1.26. The Hall–Kier alpha value is -3.15. The average molecular weight is 416 g/mol. The van der Waals surface area contributed by atoms with E-state index < -0.39 is 0 Å². The first kappa shape index (κ1) is 21.1. The van der Waals surface area contributed by atoms with Gasteiger partial charge in [0.05, 0.1) is 19.8 Å². The number of carbonyl (C=O) groups excluding carboxylic acids is 1. The maximum Gasteiger partial charge on any atom is 0.238 e. The van der Waals surface area contributed by atoms with Gasteiger partial charge < -0.3 is 20.3 Å². The van der Waals surface area contributed by atoms with Gasteiger partial charge in [0.25, 0.3) is 0 Å². The number of rotatable bonds is 7. The second kappa shape index (κ2) is 10.2. The van der Waals surface area contributed by atoms with Crippen LogP contribution in [-0.2, 0) is 9.53 Å². The van der Waals surface area contributed by atoms with Crippen LogP contribution in [0.4, 0.5) is 11.4 Å². The molecule has 0 radical (unpaired) electrons. The van der Waals surface area contributed by atoms with E-state index in [0.717, 1.165) is 43.2 Å². The minimum atomic E-state index is -0.0492. The van der Waals surface area contributed by atoms with Gasteiger partial charge in [0.1, 0.15) is 0 Å². The van der Waals surface area contributed by atoms with Crippen LogP contribution >= 0.6 is 0 Å². The zero-order chi connectivity index (χ0) is 21.5. The van der Waals surface area contributed by atoms with Crippen molar-refractivity contribution in [2.75, 3.05) is 43.1 Å². The maximum absolute atomic E-state index is 12.4. The standard InChI is InChI=1S/C26H29N3O2/c1-20(21-7-9-23(10-8-21)22-5-3-2-4-6-22)27-19-26(30)28-24-11-13-25(14-12-24)29-15-17-31-18-16-29/h2-14,20,27H,15-19H2,1H3,(H,28,30)/t20-/m0/s1. The molecule has 160 valence electrons. The molecule has 4 rings (SSSR count). The van der Waals surface area contributed by atoms with Crippen molar-refractivity contribution in [3.63, 3.8) is 0 Å². The first-order valence-electron chi connectivity index (χ1n) is 10.8. The predicted octanol–water partition coefficient (Wildman–Crippen LogP) is 4.48. The average Bonchev–Trinajstić information content (AvgIpc) is 2.84. The first-order valence-corrected chi connectivity index (χ1v) is 10.8. The molecule has 1 fully saturated rings. The molecule has 3 aromatic rings. The van der Waals surface area contributed by atoms with Gasteiger partial charge in [-0.15, -0.1) is 0 Å². The Morgan fingerprint density at radius 2 is 1.55 bits per heavy atom. The van der Waals surface area contributed by atoms with E-state index in [0.29, 0.717) is 0 Å². The van der Waals surface area contributed by atoms with Crippen LogP contribution in [0.2, 0.25) is 0 Å². The fourth-order valence-electron chi connectivity index (χ4n) is 3.74. The molecule has 1 saturated heterocycles. The third-order valence-electron chi connectivity index (χ3n) is 5.61. The molecule has 1 aliphatic rings. The molecule has 0 aromatic heterocycles. The molecule has 0 saturated carbocycles. The monoisotopic (exact) mass is 415 g/mol. The summed E-state index contributed by atoms with van der Waals surface area (Å²) in [5, 5.41) is 6.27. The van der Waals surface area contributed by atoms with E-state index in [2.05, 4.69) is 58.9 Å². The van der Waals surface area contributed by atoms with Gasteiger partial charge in [0.15, 0.2) is 0 Å². The highest BCUT2D eigenvalue weighted by Crippen LogP contribution is 2.22. The van der Waals surface area contributed by atoms with Gasteiger partial charge in [0.2, 0.25) is 5.91 Å². The van der Waals surface area contributed by atoms with Crippen molar-refractivity contribution in [2.24, 2.45) is 0 Å². The fourth-order valence-corrected chi connectivity index (χ4v) is 3.74. The number of morpholine rings is 1. The molecule has 0 unspecified atom stereocenters. The molecule has 0 spiro atoms. The quantitative estimate of drug-likeness (QED) is 0.597. The third kappa shape index (κ3) is 5.72. The van der Waals surface area contributed by atoms with Crippen molar-refractivity contribution >= 4 is 17.3 Å². The number of amides is 1. The number of nitrogens with zero attached hydrogens (tertiary/aromatic N) is 1. The summed E-state index contributed by atoms with van der Waals surface area (Å²) in [7, 11) is 0. The van der Waals surface area contributed by atoms with Crippen LogP contribution in [-0.4, -0.2) is 38.8 Å². The molecule has 0 bridgehead atoms. The Morgan fingerprint density at radius 3 is 2.23 bits per heavy atom. The molecular formula is C26H29N3O2. The highest BCUT2D eigenvalue weighted by Gasteiger charge is 2.12. The van der Waals surface area contributed by atoms with Crippen molar-refractivity contribution in [1.29, 1.82) is 0 Å². The van der Waals surface area contributed by atoms with Crippen molar-refractivity contribution in [2.45, 2.75) is 13.0 Å². The van der Waals surface area contributed by atoms with Crippen LogP contribution < -0.4 is 15.5 Å². The smallest absolute Gasteiger partial charge is 0.238 e. The van der Waals surface area contributed by atoms with E-state index >= 15 is 0 Å². The minimum absolute atomic E-state index is 0.0492. The number of hydrogen-bond acceptors (Lipinski definition) is 4. The largest absolute Gasteiger partial charge is 0.378 e. The van der Waals surface area contributed by atoms with Gasteiger partial charge in [-0.25, -0.2) is 0 Å². The van der Waals surface area contributed by atoms with E-state index in [1.54, 1.807) is 0 Å². The lowest BCUT2D eigenvalue weighted by atomic mass is 10.0. The van der Waals surface area contributed by atoms with E-state index in [1.807, 2.05) is 42.5 Å². The first-order chi connectivity index (χ1) is 15.2. The van der Waals surface area contributed by atoms with Crippen molar-refractivity contribution in [3.8, 4) is 11.1 Å². The molecular weight excluding hydrogens is 386 g/mol. The summed E-state index contributed by atoms with van der Waals surface area (Å²) in [6, 6.07) is 26.9. The lowest BCUT2D eigenvalue weighted by Crippen LogP contribution is -2.36. The molecule has 31 heavy (non-hydrogen) atoms. The summed E-state index contributed by atoms with van der Waals surface area (Å²) in [6.07, 6.45) is 0. The molecule has 1 aliphatic heterocycles. The zero-order valence-electron chi connectivity index (χ0n) is 17.9. The van der Waals surface area contributed by atoms with Gasteiger partial charge >= 0.3 is 0 Å². The zero-order valence-corrected chi connectivity index (χ0v) is 17.9. The van der Waals surface area contributed by atoms with Gasteiger partial charge in [-0.05, 0) is 47.9 Å². The van der Waals surface area contributed by atoms with Crippen molar-refractivity contribution < 1.29 is 9.53 Å². The number of anilines is 2. The molecule has 3 aromatic carbocycles. The van der Waals surface area contributed by atoms with Gasteiger partial charge in [0, 0.05) is 30.5 Å². The Kier molecular flexibility index (Phi) is 6.97. The van der Waals surface area contributed by atoms with E-state index in [1.165, 1.54) is 11.1 Å². The minimum Gasteiger partial charge on any atom is -0.378 e. The number of hydrogen-bond donors (Lipinski definition) is 2. The summed E-state index contributed by atoms with van der Waals surface area (Å²) < 4.78 is 5.40. The fraction of sp³-hybridized carbons (Fsp3) is 0.269. The second-order valence-electron chi connectivity index (χ2n) is 7.79. The molecule has 5 heteroatoms. The van der Waals surface area contributed by atoms with Crippen LogP contribution in [0.3, 0.4) is 0 Å². The van der Waals surface area contributed by atoms with Gasteiger partial charge in [-0.1, -0.05) is 54.6 Å². The van der Waals surface area contributed by atoms with E-state index in [-0.39, 0.29) is 18.5 Å². The van der Waals surface area contributed by atoms with Crippen LogP contribution in [0.25, 0.3) is 11.1 Å². The Bertz CT molecular complexity index is 966. The summed E-state index contributed by atoms with van der Waals surface area (Å²) >= 11 is 0. The van der Waals surface area contributed by atoms with Crippen LogP contribution in [0.1, 0.15) is 18.5 Å². The molecule has 5 nitrogen and oxygen atoms in total.